The van der Waals surface area contributed by atoms with Crippen LogP contribution in [0.5, 0.6) is 0 Å². The van der Waals surface area contributed by atoms with E-state index < -0.39 is 0 Å². The van der Waals surface area contributed by atoms with Crippen LogP contribution in [0.1, 0.15) is 36.8 Å². The van der Waals surface area contributed by atoms with Crippen molar-refractivity contribution in [1.82, 2.24) is 0 Å². The summed E-state index contributed by atoms with van der Waals surface area (Å²) in [6, 6.07) is 88.9. The molecule has 0 saturated heterocycles. The smallest absolute Gasteiger partial charge is 0.0546 e. The van der Waals surface area contributed by atoms with Crippen molar-refractivity contribution < 1.29 is 0 Å². The minimum absolute atomic E-state index is 0.0400. The molecule has 0 atom stereocenters. The first-order chi connectivity index (χ1) is 33.7. The zero-order valence-electron chi connectivity index (χ0n) is 37.8. The molecule has 2 aliphatic rings. The van der Waals surface area contributed by atoms with E-state index in [0.29, 0.717) is 0 Å². The fourth-order valence-corrected chi connectivity index (χ4v) is 12.6. The predicted octanol–water partition coefficient (Wildman–Crippen LogP) is 18.8. The van der Waals surface area contributed by atoms with Gasteiger partial charge in [-0.25, -0.2) is 0 Å². The van der Waals surface area contributed by atoms with Gasteiger partial charge in [0.1, 0.15) is 0 Å². The van der Waals surface area contributed by atoms with Gasteiger partial charge in [-0.2, -0.15) is 0 Å². The second-order valence-corrected chi connectivity index (χ2v) is 19.0. The van der Waals surface area contributed by atoms with Gasteiger partial charge in [-0.1, -0.05) is 213 Å². The molecule has 0 unspecified atom stereocenters. The van der Waals surface area contributed by atoms with Crippen molar-refractivity contribution in [2.24, 2.45) is 0 Å². The molecule has 1 spiro atoms. The molecule has 2 aliphatic carbocycles. The molecular formula is C67H47N. The lowest BCUT2D eigenvalue weighted by atomic mass is 9.76. The van der Waals surface area contributed by atoms with Gasteiger partial charge in [0.2, 0.25) is 0 Å². The van der Waals surface area contributed by atoms with Crippen LogP contribution in [0.2, 0.25) is 0 Å². The number of hydrogen-bond donors (Lipinski definition) is 0. The van der Waals surface area contributed by atoms with E-state index in [4.69, 9.17) is 0 Å². The van der Waals surface area contributed by atoms with E-state index in [2.05, 4.69) is 241 Å². The van der Waals surface area contributed by atoms with Gasteiger partial charge >= 0.3 is 0 Å². The summed E-state index contributed by atoms with van der Waals surface area (Å²) in [7, 11) is 0. The van der Waals surface area contributed by atoms with E-state index in [-0.39, 0.29) is 5.41 Å². The number of anilines is 3. The van der Waals surface area contributed by atoms with Crippen molar-refractivity contribution in [1.29, 1.82) is 0 Å². The summed E-state index contributed by atoms with van der Waals surface area (Å²) in [5.74, 6) is 0. The number of rotatable bonds is 6. The molecule has 1 nitrogen and oxygen atoms in total. The monoisotopic (exact) mass is 865 g/mol. The summed E-state index contributed by atoms with van der Waals surface area (Å²) in [5, 5.41) is 12.5. The average Bonchev–Trinajstić information content (AvgIpc) is 4.02. The van der Waals surface area contributed by atoms with Crippen LogP contribution < -0.4 is 4.90 Å². The number of benzene rings is 12. The summed E-state index contributed by atoms with van der Waals surface area (Å²) in [4.78, 5) is 2.58. The van der Waals surface area contributed by atoms with E-state index in [1.807, 2.05) is 0 Å². The molecule has 0 N–H and O–H groups in total. The Labute approximate surface area is 397 Å². The van der Waals surface area contributed by atoms with Crippen LogP contribution in [0.15, 0.2) is 237 Å². The van der Waals surface area contributed by atoms with Crippen LogP contribution in [0.3, 0.4) is 0 Å². The minimum Gasteiger partial charge on any atom is -0.310 e. The van der Waals surface area contributed by atoms with Crippen LogP contribution in [0.4, 0.5) is 17.1 Å². The van der Waals surface area contributed by atoms with E-state index in [1.165, 1.54) is 147 Å². The van der Waals surface area contributed by atoms with Gasteiger partial charge in [0.05, 0.1) is 5.69 Å². The highest BCUT2D eigenvalue weighted by Crippen LogP contribution is 2.58. The Kier molecular flexibility index (Phi) is 8.83. The van der Waals surface area contributed by atoms with E-state index >= 15 is 0 Å². The van der Waals surface area contributed by atoms with Crippen LogP contribution in [0, 0.1) is 0 Å². The van der Waals surface area contributed by atoms with Gasteiger partial charge in [-0.05, 0) is 153 Å². The number of nitrogens with zero attached hydrogens (tertiary/aromatic N) is 1. The molecule has 0 amide bonds. The largest absolute Gasteiger partial charge is 0.310 e. The number of fused-ring (bicyclic) bond motifs is 14. The predicted molar refractivity (Wildman–Crippen MR) is 290 cm³/mol. The zero-order valence-corrected chi connectivity index (χ0v) is 37.8. The maximum absolute atomic E-state index is 2.58. The van der Waals surface area contributed by atoms with E-state index in [9.17, 15) is 0 Å². The van der Waals surface area contributed by atoms with Gasteiger partial charge in [0.25, 0.3) is 0 Å². The van der Waals surface area contributed by atoms with Crippen molar-refractivity contribution in [3.05, 3.63) is 248 Å². The quantitative estimate of drug-likeness (QED) is 0.151. The van der Waals surface area contributed by atoms with Gasteiger partial charge in [0.15, 0.2) is 0 Å². The van der Waals surface area contributed by atoms with Crippen LogP contribution in [-0.2, 0) is 5.41 Å². The van der Waals surface area contributed by atoms with Crippen molar-refractivity contribution in [3.8, 4) is 44.5 Å². The van der Waals surface area contributed by atoms with Crippen molar-refractivity contribution >= 4 is 70.9 Å². The molecule has 1 saturated carbocycles. The Hall–Kier alpha value is -8.26. The topological polar surface area (TPSA) is 3.24 Å². The first-order valence-electron chi connectivity index (χ1n) is 24.3. The Morgan fingerprint density at radius 1 is 0.309 bits per heavy atom. The molecule has 0 heterocycles. The summed E-state index contributed by atoms with van der Waals surface area (Å²) in [6.45, 7) is 0. The highest BCUT2D eigenvalue weighted by atomic mass is 15.1. The fraction of sp³-hybridized carbons (Fsp3) is 0.0746. The summed E-state index contributed by atoms with van der Waals surface area (Å²) >= 11 is 0. The third kappa shape index (κ3) is 5.82. The maximum atomic E-state index is 2.58. The van der Waals surface area contributed by atoms with Crippen molar-refractivity contribution in [3.63, 3.8) is 0 Å². The lowest BCUT2D eigenvalue weighted by molar-refractivity contribution is 0.550. The van der Waals surface area contributed by atoms with Gasteiger partial charge < -0.3 is 4.90 Å². The molecule has 1 fully saturated rings. The molecule has 12 aromatic carbocycles. The molecular weight excluding hydrogens is 819 g/mol. The minimum atomic E-state index is 0.0400. The Morgan fingerprint density at radius 3 is 1.57 bits per heavy atom. The molecule has 68 heavy (non-hydrogen) atoms. The molecule has 0 radical (unpaired) electrons. The summed E-state index contributed by atoms with van der Waals surface area (Å²) in [6.07, 6.45) is 4.89. The van der Waals surface area contributed by atoms with E-state index in [0.717, 1.165) is 5.69 Å². The first-order valence-corrected chi connectivity index (χ1v) is 24.3. The average molecular weight is 866 g/mol. The molecule has 0 bridgehead atoms. The Morgan fingerprint density at radius 2 is 0.838 bits per heavy atom. The summed E-state index contributed by atoms with van der Waals surface area (Å²) < 4.78 is 0. The second-order valence-electron chi connectivity index (χ2n) is 19.0. The highest BCUT2D eigenvalue weighted by Gasteiger charge is 2.45. The van der Waals surface area contributed by atoms with Gasteiger partial charge in [0, 0.05) is 22.2 Å². The molecule has 14 rings (SSSR count). The SMILES string of the molecule is c1ccc(-c2cc(-c3ccccc3)c3c4ccccc4c4cc(N(c5ccc6c(c5)C5(CCCC5)c5ccccc5-6)c5cc6ccccc6c6ccccc56)ccc4c3c2-c2ccccc2)cc1. The van der Waals surface area contributed by atoms with Gasteiger partial charge in [-0.15, -0.1) is 0 Å². The van der Waals surface area contributed by atoms with Crippen LogP contribution in [0.25, 0.3) is 98.4 Å². The summed E-state index contributed by atoms with van der Waals surface area (Å²) in [5.41, 5.74) is 16.7. The normalized spacial score (nSPS) is 13.8. The second kappa shape index (κ2) is 15.4. The van der Waals surface area contributed by atoms with Gasteiger partial charge in [-0.3, -0.25) is 0 Å². The number of hydrogen-bond acceptors (Lipinski definition) is 1. The maximum Gasteiger partial charge on any atom is 0.0546 e. The molecule has 0 aromatic heterocycles. The molecule has 12 aromatic rings. The Bertz CT molecular complexity index is 3960. The lowest BCUT2D eigenvalue weighted by Gasteiger charge is -2.31. The highest BCUT2D eigenvalue weighted by molar-refractivity contribution is 6.33. The standard InChI is InChI=1S/C67H47N/c1-4-20-44(21-5-1)58-43-59(45-22-6-2-7-23-45)65-56-32-15-13-29-52(56)60-41-48(35-37-57(60)66(65)64(58)46-24-8-3-9-25-46)68(63-40-47-26-10-11-27-50(47)51-28-12-14-31-55(51)63)49-34-36-54-53-30-16-17-33-61(53)67(62(54)42-49)38-18-19-39-67/h1-17,20-37,40-43H,18-19,38-39H2. The Balaban J connectivity index is 1.11. The van der Waals surface area contributed by atoms with Crippen LogP contribution in [-0.4, -0.2) is 0 Å². The van der Waals surface area contributed by atoms with Crippen molar-refractivity contribution in [2.45, 2.75) is 31.1 Å². The first kappa shape index (κ1) is 39.0. The van der Waals surface area contributed by atoms with Crippen LogP contribution >= 0.6 is 0 Å². The third-order valence-electron chi connectivity index (χ3n) is 15.5. The van der Waals surface area contributed by atoms with Crippen molar-refractivity contribution in [2.75, 3.05) is 4.90 Å². The molecule has 0 aliphatic heterocycles. The van der Waals surface area contributed by atoms with E-state index in [1.54, 1.807) is 0 Å². The zero-order chi connectivity index (χ0) is 44.8. The lowest BCUT2D eigenvalue weighted by Crippen LogP contribution is -2.21. The molecule has 320 valence electrons. The third-order valence-corrected chi connectivity index (χ3v) is 15.5. The molecule has 1 heteroatoms. The fourth-order valence-electron chi connectivity index (χ4n) is 12.6.